The number of ether oxygens (including phenoxy) is 1. The Hall–Kier alpha value is -1.02. The highest BCUT2D eigenvalue weighted by Crippen LogP contribution is 2.45. The molecule has 1 amide bonds. The Morgan fingerprint density at radius 1 is 1.39 bits per heavy atom. The van der Waals surface area contributed by atoms with Crippen LogP contribution in [0.15, 0.2) is 41.6 Å². The summed E-state index contributed by atoms with van der Waals surface area (Å²) in [5.41, 5.74) is 2.40. The number of β-lactam (4-membered cyclic amide) rings is 1. The van der Waals surface area contributed by atoms with Crippen LogP contribution in [0.3, 0.4) is 0 Å². The highest BCUT2D eigenvalue weighted by Gasteiger charge is 2.50. The standard InChI is InChI=1S/C17H18INO3S/c1-11-12(8-18)10-23-17-15(16(21)19(11)17)7-13(20)9-22-14-5-3-2-4-6-14/h2-6,15,17H,7-10H2,1H3. The van der Waals surface area contributed by atoms with E-state index in [4.69, 9.17) is 4.74 Å². The van der Waals surface area contributed by atoms with E-state index >= 15 is 0 Å². The molecule has 122 valence electrons. The number of thioether (sulfide) groups is 1. The minimum Gasteiger partial charge on any atom is -0.486 e. The van der Waals surface area contributed by atoms with Crippen LogP contribution in [0.25, 0.3) is 0 Å². The average molecular weight is 443 g/mol. The lowest BCUT2D eigenvalue weighted by Gasteiger charge is -2.50. The fourth-order valence-corrected chi connectivity index (χ4v) is 5.57. The maximum Gasteiger partial charge on any atom is 0.234 e. The average Bonchev–Trinajstić information content (AvgIpc) is 2.58. The first kappa shape index (κ1) is 16.8. The van der Waals surface area contributed by atoms with Crippen molar-refractivity contribution >= 4 is 46.0 Å². The summed E-state index contributed by atoms with van der Waals surface area (Å²) < 4.78 is 6.42. The number of rotatable bonds is 6. The largest absolute Gasteiger partial charge is 0.486 e. The SMILES string of the molecule is CC1=C(CI)CSC2C(CC(=O)COc3ccccc3)C(=O)N12. The van der Waals surface area contributed by atoms with Crippen molar-refractivity contribution in [2.45, 2.75) is 18.7 Å². The second-order valence-electron chi connectivity index (χ2n) is 5.68. The van der Waals surface area contributed by atoms with Crippen molar-refractivity contribution in [3.63, 3.8) is 0 Å². The molecule has 2 unspecified atom stereocenters. The molecule has 4 nitrogen and oxygen atoms in total. The summed E-state index contributed by atoms with van der Waals surface area (Å²) in [5, 5.41) is 0.120. The number of allylic oxidation sites excluding steroid dienone is 1. The number of carbonyl (C=O) groups is 2. The molecule has 0 aromatic heterocycles. The van der Waals surface area contributed by atoms with Crippen molar-refractivity contribution < 1.29 is 14.3 Å². The van der Waals surface area contributed by atoms with Gasteiger partial charge in [-0.05, 0) is 24.6 Å². The molecule has 1 aromatic rings. The Labute approximate surface area is 153 Å². The Balaban J connectivity index is 1.55. The van der Waals surface area contributed by atoms with Crippen LogP contribution in [-0.2, 0) is 9.59 Å². The van der Waals surface area contributed by atoms with Crippen LogP contribution in [0.5, 0.6) is 5.75 Å². The third-order valence-electron chi connectivity index (χ3n) is 4.21. The zero-order chi connectivity index (χ0) is 16.4. The number of fused-ring (bicyclic) bond motifs is 1. The van der Waals surface area contributed by atoms with E-state index in [1.165, 1.54) is 5.57 Å². The van der Waals surface area contributed by atoms with Gasteiger partial charge in [0, 0.05) is 22.3 Å². The van der Waals surface area contributed by atoms with E-state index in [0.717, 1.165) is 15.9 Å². The minimum absolute atomic E-state index is 0.0197. The predicted octanol–water partition coefficient (Wildman–Crippen LogP) is 3.26. The topological polar surface area (TPSA) is 46.6 Å². The first-order valence-corrected chi connectivity index (χ1v) is 10.1. The van der Waals surface area contributed by atoms with Crippen molar-refractivity contribution in [1.29, 1.82) is 0 Å². The summed E-state index contributed by atoms with van der Waals surface area (Å²) in [6.45, 7) is 2.04. The van der Waals surface area contributed by atoms with Gasteiger partial charge in [-0.1, -0.05) is 40.8 Å². The van der Waals surface area contributed by atoms with Crippen molar-refractivity contribution in [3.05, 3.63) is 41.6 Å². The van der Waals surface area contributed by atoms with Crippen molar-refractivity contribution in [3.8, 4) is 5.75 Å². The van der Waals surface area contributed by atoms with Gasteiger partial charge in [-0.3, -0.25) is 9.59 Å². The molecule has 3 rings (SSSR count). The highest BCUT2D eigenvalue weighted by atomic mass is 127. The van der Waals surface area contributed by atoms with E-state index in [1.807, 2.05) is 42.2 Å². The molecule has 0 N–H and O–H groups in total. The lowest BCUT2D eigenvalue weighted by Crippen LogP contribution is -2.60. The van der Waals surface area contributed by atoms with Gasteiger partial charge in [0.25, 0.3) is 0 Å². The van der Waals surface area contributed by atoms with Gasteiger partial charge in [-0.15, -0.1) is 11.8 Å². The predicted molar refractivity (Wildman–Crippen MR) is 99.7 cm³/mol. The zero-order valence-electron chi connectivity index (χ0n) is 12.8. The Bertz CT molecular complexity index is 646. The summed E-state index contributed by atoms with van der Waals surface area (Å²) in [7, 11) is 0. The van der Waals surface area contributed by atoms with Gasteiger partial charge in [-0.25, -0.2) is 0 Å². The lowest BCUT2D eigenvalue weighted by atomic mass is 9.91. The molecule has 2 heterocycles. The molecule has 0 spiro atoms. The number of carbonyl (C=O) groups excluding carboxylic acids is 2. The molecule has 2 aliphatic rings. The first-order chi connectivity index (χ1) is 11.1. The van der Waals surface area contributed by atoms with Gasteiger partial charge < -0.3 is 9.64 Å². The van der Waals surface area contributed by atoms with Crippen LogP contribution in [0.4, 0.5) is 0 Å². The highest BCUT2D eigenvalue weighted by molar-refractivity contribution is 14.1. The van der Waals surface area contributed by atoms with Crippen LogP contribution in [0.1, 0.15) is 13.3 Å². The monoisotopic (exact) mass is 443 g/mol. The fraction of sp³-hybridized carbons (Fsp3) is 0.412. The number of Topliss-reactive ketones (excluding diaryl/α,β-unsaturated/α-hetero) is 1. The van der Waals surface area contributed by atoms with Crippen LogP contribution in [-0.4, -0.2) is 38.8 Å². The molecule has 23 heavy (non-hydrogen) atoms. The van der Waals surface area contributed by atoms with Gasteiger partial charge in [0.1, 0.15) is 12.4 Å². The Morgan fingerprint density at radius 2 is 2.13 bits per heavy atom. The van der Waals surface area contributed by atoms with E-state index in [9.17, 15) is 9.59 Å². The number of nitrogens with zero attached hydrogens (tertiary/aromatic N) is 1. The number of ketones is 1. The summed E-state index contributed by atoms with van der Waals surface area (Å²) in [6.07, 6.45) is 0.271. The van der Waals surface area contributed by atoms with Crippen LogP contribution in [0, 0.1) is 5.92 Å². The molecule has 2 aliphatic heterocycles. The number of benzene rings is 1. The summed E-state index contributed by atoms with van der Waals surface area (Å²) in [5.74, 6) is 1.50. The summed E-state index contributed by atoms with van der Waals surface area (Å²) >= 11 is 4.10. The second kappa shape index (κ2) is 7.25. The summed E-state index contributed by atoms with van der Waals surface area (Å²) in [4.78, 5) is 26.3. The third-order valence-corrected chi connectivity index (χ3v) is 6.52. The van der Waals surface area contributed by atoms with E-state index in [0.29, 0.717) is 5.75 Å². The van der Waals surface area contributed by atoms with Gasteiger partial charge in [-0.2, -0.15) is 0 Å². The zero-order valence-corrected chi connectivity index (χ0v) is 15.8. The van der Waals surface area contributed by atoms with Gasteiger partial charge in [0.15, 0.2) is 5.78 Å². The second-order valence-corrected chi connectivity index (χ2v) is 7.55. The molecule has 2 atom stereocenters. The van der Waals surface area contributed by atoms with E-state index in [2.05, 4.69) is 22.6 Å². The molecule has 0 bridgehead atoms. The van der Waals surface area contributed by atoms with Crippen molar-refractivity contribution in [2.24, 2.45) is 5.92 Å². The molecular weight excluding hydrogens is 425 g/mol. The summed E-state index contributed by atoms with van der Waals surface area (Å²) in [6, 6.07) is 9.27. The quantitative estimate of drug-likeness (QED) is 0.385. The molecular formula is C17H18INO3S. The fourth-order valence-electron chi connectivity index (χ4n) is 2.84. The number of para-hydroxylation sites is 1. The molecule has 0 saturated carbocycles. The van der Waals surface area contributed by atoms with Crippen molar-refractivity contribution in [1.82, 2.24) is 4.90 Å². The van der Waals surface area contributed by atoms with Gasteiger partial charge in [0.05, 0.1) is 11.3 Å². The number of halogens is 1. The van der Waals surface area contributed by atoms with E-state index in [-0.39, 0.29) is 36.0 Å². The lowest BCUT2D eigenvalue weighted by molar-refractivity contribution is -0.149. The van der Waals surface area contributed by atoms with Crippen molar-refractivity contribution in [2.75, 3.05) is 16.8 Å². The number of hydrogen-bond donors (Lipinski definition) is 0. The first-order valence-electron chi connectivity index (χ1n) is 7.50. The minimum atomic E-state index is -0.197. The van der Waals surface area contributed by atoms with E-state index in [1.54, 1.807) is 11.8 Å². The number of amides is 1. The van der Waals surface area contributed by atoms with Crippen LogP contribution in [0.2, 0.25) is 0 Å². The molecule has 0 aliphatic carbocycles. The molecule has 1 fully saturated rings. The molecule has 1 saturated heterocycles. The van der Waals surface area contributed by atoms with E-state index < -0.39 is 0 Å². The normalized spacial score (nSPS) is 23.4. The van der Waals surface area contributed by atoms with Crippen LogP contribution >= 0.6 is 34.4 Å². The van der Waals surface area contributed by atoms with Gasteiger partial charge in [0.2, 0.25) is 5.91 Å². The molecule has 6 heteroatoms. The number of hydrogen-bond acceptors (Lipinski definition) is 4. The molecule has 0 radical (unpaired) electrons. The van der Waals surface area contributed by atoms with Crippen LogP contribution < -0.4 is 4.74 Å². The Kier molecular flexibility index (Phi) is 5.31. The third kappa shape index (κ3) is 3.42. The maximum atomic E-state index is 12.4. The number of alkyl halides is 1. The maximum absolute atomic E-state index is 12.4. The van der Waals surface area contributed by atoms with Gasteiger partial charge >= 0.3 is 0 Å². The Morgan fingerprint density at radius 3 is 2.83 bits per heavy atom. The molecule has 1 aromatic carbocycles. The smallest absolute Gasteiger partial charge is 0.234 e.